The van der Waals surface area contributed by atoms with Crippen molar-refractivity contribution in [2.45, 2.75) is 116 Å². The molecule has 0 saturated carbocycles. The fourth-order valence-corrected chi connectivity index (χ4v) is 11.4. The number of hydrogen-bond donors (Lipinski definition) is 2. The predicted octanol–water partition coefficient (Wildman–Crippen LogP) is 5.46. The molecular weight excluding hydrogens is 549 g/mol. The first-order valence-corrected chi connectivity index (χ1v) is 19.7. The molecule has 0 radical (unpaired) electrons. The topological polar surface area (TPSA) is 77.4 Å². The van der Waals surface area contributed by atoms with Gasteiger partial charge in [0.05, 0.1) is 18.8 Å². The molecule has 8 heteroatoms. The molecule has 0 amide bonds. The Morgan fingerprint density at radius 3 is 1.76 bits per heavy atom. The zero-order valence-corrected chi connectivity index (χ0v) is 29.1. The van der Waals surface area contributed by atoms with Gasteiger partial charge in [0.25, 0.3) is 8.32 Å². The third-order valence-electron chi connectivity index (χ3n) is 8.88. The van der Waals surface area contributed by atoms with Gasteiger partial charge in [0.1, 0.15) is 12.2 Å². The van der Waals surface area contributed by atoms with Crippen LogP contribution in [0, 0.1) is 5.92 Å². The van der Waals surface area contributed by atoms with Gasteiger partial charge in [-0.3, -0.25) is 0 Å². The number of ether oxygens (including phenoxy) is 2. The second-order valence-corrected chi connectivity index (χ2v) is 23.7. The third kappa shape index (κ3) is 7.59. The molecule has 2 aromatic rings. The second-order valence-electron chi connectivity index (χ2n) is 14.6. The average Bonchev–Trinajstić information content (AvgIpc) is 3.26. The van der Waals surface area contributed by atoms with Gasteiger partial charge in [-0.25, -0.2) is 0 Å². The van der Waals surface area contributed by atoms with Crippen molar-refractivity contribution in [2.24, 2.45) is 5.92 Å². The Morgan fingerprint density at radius 1 is 0.878 bits per heavy atom. The van der Waals surface area contributed by atoms with Crippen LogP contribution in [0.25, 0.3) is 0 Å². The highest BCUT2D eigenvalue weighted by atomic mass is 28.4. The number of rotatable bonds is 11. The Labute approximate surface area is 250 Å². The van der Waals surface area contributed by atoms with Crippen molar-refractivity contribution in [3.8, 4) is 0 Å². The Morgan fingerprint density at radius 2 is 1.37 bits per heavy atom. The molecule has 2 N–H and O–H groups in total. The Bertz CT molecular complexity index is 1050. The molecule has 1 saturated heterocycles. The minimum absolute atomic E-state index is 0.106. The van der Waals surface area contributed by atoms with Crippen LogP contribution in [0.2, 0.25) is 23.2 Å². The maximum Gasteiger partial charge on any atom is 0.261 e. The summed E-state index contributed by atoms with van der Waals surface area (Å²) in [6.07, 6.45) is -3.49. The predicted molar refractivity (Wildman–Crippen MR) is 172 cm³/mol. The summed E-state index contributed by atoms with van der Waals surface area (Å²) < 4.78 is 25.7. The summed E-state index contributed by atoms with van der Waals surface area (Å²) in [5.74, 6) is -1.12. The van der Waals surface area contributed by atoms with E-state index in [1.807, 2.05) is 32.9 Å². The molecule has 230 valence electrons. The van der Waals surface area contributed by atoms with Gasteiger partial charge in [0.15, 0.2) is 14.1 Å². The van der Waals surface area contributed by atoms with E-state index in [0.717, 1.165) is 0 Å². The fraction of sp³-hybridized carbons (Fsp3) is 0.636. The first kappa shape index (κ1) is 34.1. The van der Waals surface area contributed by atoms with Crippen molar-refractivity contribution >= 4 is 27.0 Å². The van der Waals surface area contributed by atoms with Crippen LogP contribution >= 0.6 is 0 Å². The second kappa shape index (κ2) is 12.7. The monoisotopic (exact) mass is 602 g/mol. The zero-order valence-electron chi connectivity index (χ0n) is 27.1. The van der Waals surface area contributed by atoms with Crippen LogP contribution in [-0.2, 0) is 18.3 Å². The van der Waals surface area contributed by atoms with Crippen LogP contribution in [0.5, 0.6) is 0 Å². The van der Waals surface area contributed by atoms with Crippen molar-refractivity contribution in [3.05, 3.63) is 60.7 Å². The molecule has 0 aliphatic carbocycles. The highest BCUT2D eigenvalue weighted by molar-refractivity contribution is 6.99. The first-order chi connectivity index (χ1) is 18.8. The summed E-state index contributed by atoms with van der Waals surface area (Å²) in [6.45, 7) is 23.7. The Kier molecular flexibility index (Phi) is 10.6. The van der Waals surface area contributed by atoms with E-state index < -0.39 is 46.8 Å². The molecule has 2 aromatic carbocycles. The molecule has 0 unspecified atom stereocenters. The number of aliphatic hydroxyl groups excluding tert-OH is 2. The van der Waals surface area contributed by atoms with Crippen molar-refractivity contribution < 1.29 is 28.5 Å². The van der Waals surface area contributed by atoms with Crippen LogP contribution in [-0.4, -0.2) is 70.3 Å². The summed E-state index contributed by atoms with van der Waals surface area (Å²) in [7, 11) is -5.16. The number of benzene rings is 2. The van der Waals surface area contributed by atoms with E-state index in [1.165, 1.54) is 10.4 Å². The molecular formula is C33H54O6Si2. The van der Waals surface area contributed by atoms with E-state index in [2.05, 4.69) is 103 Å². The van der Waals surface area contributed by atoms with E-state index in [-0.39, 0.29) is 22.6 Å². The highest BCUT2D eigenvalue weighted by Crippen LogP contribution is 2.40. The average molecular weight is 603 g/mol. The van der Waals surface area contributed by atoms with Gasteiger partial charge in [0.2, 0.25) is 0 Å². The lowest BCUT2D eigenvalue weighted by Crippen LogP contribution is -2.67. The summed E-state index contributed by atoms with van der Waals surface area (Å²) in [4.78, 5) is 0. The Balaban J connectivity index is 1.96. The quantitative estimate of drug-likeness (QED) is 0.333. The van der Waals surface area contributed by atoms with Crippen molar-refractivity contribution in [1.29, 1.82) is 0 Å². The maximum atomic E-state index is 11.9. The lowest BCUT2D eigenvalue weighted by atomic mass is 9.95. The van der Waals surface area contributed by atoms with Crippen molar-refractivity contribution in [2.75, 3.05) is 13.2 Å². The molecule has 0 aromatic heterocycles. The lowest BCUT2D eigenvalue weighted by molar-refractivity contribution is -0.169. The fourth-order valence-electron chi connectivity index (χ4n) is 5.39. The zero-order chi connectivity index (χ0) is 30.9. The van der Waals surface area contributed by atoms with Crippen LogP contribution in [0.4, 0.5) is 0 Å². The molecule has 1 aliphatic heterocycles. The van der Waals surface area contributed by atoms with Crippen molar-refractivity contribution in [3.63, 3.8) is 0 Å². The van der Waals surface area contributed by atoms with Gasteiger partial charge in [-0.15, -0.1) is 0 Å². The molecule has 1 heterocycles. The minimum atomic E-state index is -2.79. The smallest absolute Gasteiger partial charge is 0.261 e. The third-order valence-corrected chi connectivity index (χ3v) is 18.4. The summed E-state index contributed by atoms with van der Waals surface area (Å²) >= 11 is 0. The van der Waals surface area contributed by atoms with Gasteiger partial charge in [-0.1, -0.05) is 109 Å². The molecule has 1 aliphatic rings. The molecule has 0 bridgehead atoms. The molecule has 41 heavy (non-hydrogen) atoms. The van der Waals surface area contributed by atoms with E-state index in [4.69, 9.17) is 18.3 Å². The van der Waals surface area contributed by atoms with Gasteiger partial charge in [0, 0.05) is 12.5 Å². The van der Waals surface area contributed by atoms with E-state index in [1.54, 1.807) is 0 Å². The molecule has 5 atom stereocenters. The van der Waals surface area contributed by atoms with Crippen LogP contribution < -0.4 is 10.4 Å². The molecule has 6 nitrogen and oxygen atoms in total. The summed E-state index contributed by atoms with van der Waals surface area (Å²) in [5, 5.41) is 25.6. The molecule has 3 rings (SSSR count). The van der Waals surface area contributed by atoms with Gasteiger partial charge in [-0.05, 0) is 47.4 Å². The van der Waals surface area contributed by atoms with Crippen LogP contribution in [0.1, 0.15) is 62.3 Å². The van der Waals surface area contributed by atoms with E-state index >= 15 is 0 Å². The highest BCUT2D eigenvalue weighted by Gasteiger charge is 2.52. The standard InChI is InChI=1S/C33H54O6Si2/c1-24(22-37-41(32(5,6)7,25-18-14-12-15-19-25)26-20-16-13-17-21-26)28(34)30(39-40(10,11)31(2,3)4)29(35)27-23-36-33(8,9)38-27/h12-21,24,27-30,34-35H,22-23H2,1-11H3/t24-,27-,28-,29+,30+/m0/s1. The summed E-state index contributed by atoms with van der Waals surface area (Å²) in [5.41, 5.74) is 0. The number of aliphatic hydroxyl groups is 2. The minimum Gasteiger partial charge on any atom is -0.409 e. The maximum absolute atomic E-state index is 11.9. The molecule has 0 spiro atoms. The summed E-state index contributed by atoms with van der Waals surface area (Å²) in [6, 6.07) is 21.0. The lowest BCUT2D eigenvalue weighted by Gasteiger charge is -2.45. The van der Waals surface area contributed by atoms with Gasteiger partial charge >= 0.3 is 0 Å². The molecule has 1 fully saturated rings. The van der Waals surface area contributed by atoms with Gasteiger partial charge in [-0.2, -0.15) is 0 Å². The van der Waals surface area contributed by atoms with Crippen LogP contribution in [0.3, 0.4) is 0 Å². The van der Waals surface area contributed by atoms with Crippen LogP contribution in [0.15, 0.2) is 60.7 Å². The van der Waals surface area contributed by atoms with E-state index in [0.29, 0.717) is 6.61 Å². The van der Waals surface area contributed by atoms with Gasteiger partial charge < -0.3 is 28.5 Å². The first-order valence-electron chi connectivity index (χ1n) is 14.9. The SMILES string of the molecule is C[C@@H](CO[Si](c1ccccc1)(c1ccccc1)C(C)(C)C)[C@H](O)[C@@H](O[Si](C)(C)C(C)(C)C)[C@H](O)[C@@H]1COC(C)(C)O1. The Hall–Kier alpha value is -1.37. The normalized spacial score (nSPS) is 21.3. The number of hydrogen-bond acceptors (Lipinski definition) is 6. The van der Waals surface area contributed by atoms with Crippen molar-refractivity contribution in [1.82, 2.24) is 0 Å². The van der Waals surface area contributed by atoms with E-state index in [9.17, 15) is 10.2 Å². The largest absolute Gasteiger partial charge is 0.409 e.